The van der Waals surface area contributed by atoms with Gasteiger partial charge < -0.3 is 9.80 Å². The molecule has 92 valence electrons. The zero-order valence-corrected chi connectivity index (χ0v) is 10.7. The van der Waals surface area contributed by atoms with Crippen molar-refractivity contribution in [2.75, 3.05) is 31.6 Å². The van der Waals surface area contributed by atoms with Crippen molar-refractivity contribution in [3.8, 4) is 0 Å². The minimum atomic E-state index is 0.0233. The third-order valence-corrected chi connectivity index (χ3v) is 2.86. The van der Waals surface area contributed by atoms with Crippen molar-refractivity contribution in [3.05, 3.63) is 10.6 Å². The van der Waals surface area contributed by atoms with Crippen LogP contribution in [0, 0.1) is 0 Å². The van der Waals surface area contributed by atoms with Gasteiger partial charge in [-0.05, 0) is 29.6 Å². The Morgan fingerprint density at radius 3 is 2.41 bits per heavy atom. The van der Waals surface area contributed by atoms with Crippen molar-refractivity contribution in [1.82, 2.24) is 19.9 Å². The van der Waals surface area contributed by atoms with Crippen LogP contribution in [0.15, 0.2) is 0 Å². The molecule has 0 bridgehead atoms. The molecule has 0 atom stereocenters. The molecular weight excluding hydrogens is 265 g/mol. The van der Waals surface area contributed by atoms with Crippen molar-refractivity contribution in [2.24, 2.45) is 0 Å². The van der Waals surface area contributed by atoms with E-state index >= 15 is 0 Å². The summed E-state index contributed by atoms with van der Waals surface area (Å²) in [5, 5.41) is 0.0649. The van der Waals surface area contributed by atoms with Crippen LogP contribution >= 0.6 is 23.2 Å². The van der Waals surface area contributed by atoms with Crippen LogP contribution in [0.3, 0.4) is 0 Å². The van der Waals surface area contributed by atoms with Gasteiger partial charge in [0.1, 0.15) is 0 Å². The molecule has 0 radical (unpaired) electrons. The molecule has 0 unspecified atom stereocenters. The number of hydrogen-bond donors (Lipinski definition) is 0. The number of nitrogens with zero attached hydrogens (tertiary/aromatic N) is 5. The lowest BCUT2D eigenvalue weighted by Crippen LogP contribution is -2.35. The largest absolute Gasteiger partial charge is 0.344 e. The lowest BCUT2D eigenvalue weighted by Gasteiger charge is -2.19. The standard InChI is InChI=1S/C9H11Cl2N5O/c1-15-3-2-4-16(5-6(15)17)9-13-7(10)12-8(11)14-9/h2-5H2,1H3. The van der Waals surface area contributed by atoms with Crippen molar-refractivity contribution in [1.29, 1.82) is 0 Å². The van der Waals surface area contributed by atoms with Crippen LogP contribution in [0.2, 0.25) is 10.6 Å². The smallest absolute Gasteiger partial charge is 0.241 e. The van der Waals surface area contributed by atoms with Crippen LogP contribution in [0.5, 0.6) is 0 Å². The van der Waals surface area contributed by atoms with E-state index in [0.717, 1.165) is 13.0 Å². The third kappa shape index (κ3) is 2.95. The molecule has 2 rings (SSSR count). The molecule has 17 heavy (non-hydrogen) atoms. The van der Waals surface area contributed by atoms with Gasteiger partial charge in [-0.3, -0.25) is 4.79 Å². The first kappa shape index (κ1) is 12.3. The number of halogens is 2. The van der Waals surface area contributed by atoms with Crippen molar-refractivity contribution in [2.45, 2.75) is 6.42 Å². The number of rotatable bonds is 1. The second kappa shape index (κ2) is 5.01. The minimum Gasteiger partial charge on any atom is -0.344 e. The molecule has 1 fully saturated rings. The zero-order chi connectivity index (χ0) is 12.4. The normalized spacial score (nSPS) is 17.2. The van der Waals surface area contributed by atoms with Gasteiger partial charge in [-0.1, -0.05) is 0 Å². The van der Waals surface area contributed by atoms with Gasteiger partial charge in [-0.25, -0.2) is 0 Å². The van der Waals surface area contributed by atoms with E-state index in [4.69, 9.17) is 23.2 Å². The monoisotopic (exact) mass is 275 g/mol. The Labute approximate surface area is 109 Å². The predicted octanol–water partition coefficient (Wildman–Crippen LogP) is 0.847. The number of carbonyl (C=O) groups is 1. The zero-order valence-electron chi connectivity index (χ0n) is 9.23. The van der Waals surface area contributed by atoms with Crippen molar-refractivity contribution < 1.29 is 4.79 Å². The van der Waals surface area contributed by atoms with E-state index in [1.807, 2.05) is 0 Å². The summed E-state index contributed by atoms with van der Waals surface area (Å²) in [6.45, 7) is 1.64. The maximum Gasteiger partial charge on any atom is 0.241 e. The molecule has 1 aromatic rings. The molecule has 0 aromatic carbocycles. The highest BCUT2D eigenvalue weighted by atomic mass is 35.5. The fourth-order valence-corrected chi connectivity index (χ4v) is 1.97. The van der Waals surface area contributed by atoms with E-state index in [2.05, 4.69) is 15.0 Å². The molecule has 8 heteroatoms. The number of carbonyl (C=O) groups excluding carboxylic acids is 1. The molecule has 0 saturated carbocycles. The average molecular weight is 276 g/mol. The van der Waals surface area contributed by atoms with E-state index in [-0.39, 0.29) is 23.0 Å². The van der Waals surface area contributed by atoms with Crippen LogP contribution in [-0.2, 0) is 4.79 Å². The van der Waals surface area contributed by atoms with Gasteiger partial charge in [-0.2, -0.15) is 15.0 Å². The van der Waals surface area contributed by atoms with Gasteiger partial charge in [0.2, 0.25) is 22.4 Å². The van der Waals surface area contributed by atoms with E-state index in [0.29, 0.717) is 12.5 Å². The summed E-state index contributed by atoms with van der Waals surface area (Å²) in [6.07, 6.45) is 0.850. The van der Waals surface area contributed by atoms with E-state index in [9.17, 15) is 4.79 Å². The Hall–Kier alpha value is -1.14. The first-order valence-electron chi connectivity index (χ1n) is 5.12. The highest BCUT2D eigenvalue weighted by molar-refractivity contribution is 6.31. The second-order valence-corrected chi connectivity index (χ2v) is 4.44. The second-order valence-electron chi connectivity index (χ2n) is 3.76. The Kier molecular flexibility index (Phi) is 3.63. The molecule has 2 heterocycles. The number of anilines is 1. The van der Waals surface area contributed by atoms with Crippen LogP contribution < -0.4 is 4.90 Å². The molecule has 1 aromatic heterocycles. The maximum absolute atomic E-state index is 11.7. The average Bonchev–Trinajstić information content (AvgIpc) is 2.40. The molecule has 0 N–H and O–H groups in total. The highest BCUT2D eigenvalue weighted by Crippen LogP contribution is 2.15. The van der Waals surface area contributed by atoms with Crippen LogP contribution in [0.25, 0.3) is 0 Å². The Balaban J connectivity index is 2.23. The minimum absolute atomic E-state index is 0.0233. The Bertz CT molecular complexity index is 421. The molecular formula is C9H11Cl2N5O. The summed E-state index contributed by atoms with van der Waals surface area (Å²) in [7, 11) is 1.78. The Morgan fingerprint density at radius 1 is 1.12 bits per heavy atom. The number of hydrogen-bond acceptors (Lipinski definition) is 5. The van der Waals surface area contributed by atoms with E-state index in [1.165, 1.54) is 0 Å². The van der Waals surface area contributed by atoms with Crippen molar-refractivity contribution in [3.63, 3.8) is 0 Å². The van der Waals surface area contributed by atoms with Crippen LogP contribution in [0.1, 0.15) is 6.42 Å². The van der Waals surface area contributed by atoms with Crippen LogP contribution in [0.4, 0.5) is 5.95 Å². The van der Waals surface area contributed by atoms with Gasteiger partial charge in [0.25, 0.3) is 0 Å². The molecule has 6 nitrogen and oxygen atoms in total. The summed E-state index contributed by atoms with van der Waals surface area (Å²) in [4.78, 5) is 26.8. The first-order chi connectivity index (χ1) is 8.06. The quantitative estimate of drug-likeness (QED) is 0.760. The fraction of sp³-hybridized carbons (Fsp3) is 0.556. The van der Waals surface area contributed by atoms with E-state index < -0.39 is 0 Å². The van der Waals surface area contributed by atoms with E-state index in [1.54, 1.807) is 16.8 Å². The van der Waals surface area contributed by atoms with Gasteiger partial charge in [0.15, 0.2) is 0 Å². The molecule has 0 aliphatic carbocycles. The summed E-state index contributed by atoms with van der Waals surface area (Å²) in [5.74, 6) is 0.369. The summed E-state index contributed by atoms with van der Waals surface area (Å²) in [6, 6.07) is 0. The topological polar surface area (TPSA) is 62.2 Å². The summed E-state index contributed by atoms with van der Waals surface area (Å²) in [5.41, 5.74) is 0. The fourth-order valence-electron chi connectivity index (χ4n) is 1.61. The molecule has 1 saturated heterocycles. The molecule has 1 aliphatic rings. The highest BCUT2D eigenvalue weighted by Gasteiger charge is 2.21. The Morgan fingerprint density at radius 2 is 1.76 bits per heavy atom. The number of amides is 1. The maximum atomic E-state index is 11.7. The number of aromatic nitrogens is 3. The molecule has 1 amide bonds. The SMILES string of the molecule is CN1CCCN(c2nc(Cl)nc(Cl)n2)CC1=O. The number of likely N-dealkylation sites (N-methyl/N-ethyl adjacent to an activating group) is 1. The van der Waals surface area contributed by atoms with Crippen LogP contribution in [-0.4, -0.2) is 52.4 Å². The van der Waals surface area contributed by atoms with Gasteiger partial charge >= 0.3 is 0 Å². The van der Waals surface area contributed by atoms with Gasteiger partial charge in [0.05, 0.1) is 6.54 Å². The lowest BCUT2D eigenvalue weighted by molar-refractivity contribution is -0.127. The van der Waals surface area contributed by atoms with Crippen molar-refractivity contribution >= 4 is 35.1 Å². The van der Waals surface area contributed by atoms with Gasteiger partial charge in [0, 0.05) is 20.1 Å². The third-order valence-electron chi connectivity index (χ3n) is 2.53. The van der Waals surface area contributed by atoms with Gasteiger partial charge in [-0.15, -0.1) is 0 Å². The predicted molar refractivity (Wildman–Crippen MR) is 64.3 cm³/mol. The summed E-state index contributed by atoms with van der Waals surface area (Å²) >= 11 is 11.4. The molecule has 0 spiro atoms. The first-order valence-corrected chi connectivity index (χ1v) is 5.88. The molecule has 1 aliphatic heterocycles. The summed E-state index contributed by atoms with van der Waals surface area (Å²) < 4.78 is 0. The lowest BCUT2D eigenvalue weighted by atomic mass is 10.4.